The van der Waals surface area contributed by atoms with Crippen LogP contribution in [0.15, 0.2) is 27.6 Å². The average Bonchev–Trinajstić information content (AvgIpc) is 3.06. The molecule has 0 aromatic heterocycles. The number of rotatable bonds is 4. The highest BCUT2D eigenvalue weighted by atomic mass is 79.9. The number of carbonyl (C=O) groups excluding carboxylic acids is 1. The van der Waals surface area contributed by atoms with Gasteiger partial charge < -0.3 is 5.32 Å². The molecule has 1 aliphatic carbocycles. The summed E-state index contributed by atoms with van der Waals surface area (Å²) in [5, 5.41) is 2.88. The molecule has 1 fully saturated rings. The van der Waals surface area contributed by atoms with Gasteiger partial charge in [-0.2, -0.15) is 0 Å². The van der Waals surface area contributed by atoms with Crippen molar-refractivity contribution in [1.82, 2.24) is 5.32 Å². The van der Waals surface area contributed by atoms with Gasteiger partial charge in [-0.25, -0.2) is 8.42 Å². The molecule has 7 heteroatoms. The summed E-state index contributed by atoms with van der Waals surface area (Å²) in [5.74, 6) is 0.248. The molecule has 104 valence electrons. The lowest BCUT2D eigenvalue weighted by molar-refractivity contribution is 0.0948. The zero-order chi connectivity index (χ0) is 14.2. The molecule has 0 spiro atoms. The molecule has 1 saturated carbocycles. The van der Waals surface area contributed by atoms with Gasteiger partial charge in [0.05, 0.1) is 10.5 Å². The summed E-state index contributed by atoms with van der Waals surface area (Å²) in [5.41, 5.74) is 0.281. The quantitative estimate of drug-likeness (QED) is 0.833. The molecule has 0 heterocycles. The first-order chi connectivity index (χ1) is 8.82. The molecule has 1 amide bonds. The Balaban J connectivity index is 2.21. The predicted octanol–water partition coefficient (Wildman–Crippen LogP) is 2.90. The second kappa shape index (κ2) is 5.42. The summed E-state index contributed by atoms with van der Waals surface area (Å²) < 4.78 is 23.1. The highest BCUT2D eigenvalue weighted by Gasteiger charge is 2.36. The predicted molar refractivity (Wildman–Crippen MR) is 76.8 cm³/mol. The van der Waals surface area contributed by atoms with Gasteiger partial charge in [-0.3, -0.25) is 4.79 Å². The molecule has 2 atom stereocenters. The van der Waals surface area contributed by atoms with Gasteiger partial charge in [-0.1, -0.05) is 13.3 Å². The number of nitrogens with one attached hydrogen (secondary N) is 1. The summed E-state index contributed by atoms with van der Waals surface area (Å²) >= 11 is 3.24. The van der Waals surface area contributed by atoms with Gasteiger partial charge in [0.1, 0.15) is 0 Å². The molecule has 2 unspecified atom stereocenters. The molecular formula is C12H13BrClNO3S. The number of benzene rings is 1. The van der Waals surface area contributed by atoms with Gasteiger partial charge in [-0.05, 0) is 46.5 Å². The molecule has 0 aliphatic heterocycles. The van der Waals surface area contributed by atoms with Crippen molar-refractivity contribution < 1.29 is 13.2 Å². The maximum absolute atomic E-state index is 12.1. The van der Waals surface area contributed by atoms with E-state index in [-0.39, 0.29) is 22.4 Å². The van der Waals surface area contributed by atoms with Gasteiger partial charge in [0.25, 0.3) is 15.0 Å². The molecule has 0 saturated heterocycles. The van der Waals surface area contributed by atoms with Gasteiger partial charge in [-0.15, -0.1) is 0 Å². The standard InChI is InChI=1S/C12H13BrClNO3S/c1-2-7-5-11(7)15-12(16)9-6-8(19(14,17)18)3-4-10(9)13/h3-4,6-7,11H,2,5H2,1H3,(H,15,16). The van der Waals surface area contributed by atoms with Crippen LogP contribution < -0.4 is 5.32 Å². The highest BCUT2D eigenvalue weighted by molar-refractivity contribution is 9.10. The van der Waals surface area contributed by atoms with E-state index in [1.54, 1.807) is 0 Å². The SMILES string of the molecule is CCC1CC1NC(=O)c1cc(S(=O)(=O)Cl)ccc1Br. The first-order valence-corrected chi connectivity index (χ1v) is 8.98. The second-order valence-corrected chi connectivity index (χ2v) is 7.98. The Hall–Kier alpha value is -0.590. The normalized spacial score (nSPS) is 22.1. The zero-order valence-corrected chi connectivity index (χ0v) is 13.3. The maximum Gasteiger partial charge on any atom is 0.261 e. The van der Waals surface area contributed by atoms with E-state index in [0.717, 1.165) is 12.8 Å². The molecule has 0 bridgehead atoms. The summed E-state index contributed by atoms with van der Waals surface area (Å²) in [6.45, 7) is 2.08. The van der Waals surface area contributed by atoms with Crippen molar-refractivity contribution in [1.29, 1.82) is 0 Å². The molecular weight excluding hydrogens is 354 g/mol. The van der Waals surface area contributed by atoms with E-state index in [9.17, 15) is 13.2 Å². The van der Waals surface area contributed by atoms with Gasteiger partial charge >= 0.3 is 0 Å². The van der Waals surface area contributed by atoms with E-state index >= 15 is 0 Å². The first-order valence-electron chi connectivity index (χ1n) is 5.88. The third-order valence-corrected chi connectivity index (χ3v) is 5.27. The highest BCUT2D eigenvalue weighted by Crippen LogP contribution is 2.33. The number of amides is 1. The minimum absolute atomic E-state index is 0.0784. The molecule has 19 heavy (non-hydrogen) atoms. The van der Waals surface area contributed by atoms with E-state index < -0.39 is 9.05 Å². The van der Waals surface area contributed by atoms with Crippen LogP contribution in [-0.2, 0) is 9.05 Å². The molecule has 1 aromatic carbocycles. The lowest BCUT2D eigenvalue weighted by Gasteiger charge is -2.07. The third-order valence-electron chi connectivity index (χ3n) is 3.23. The van der Waals surface area contributed by atoms with E-state index in [2.05, 4.69) is 28.2 Å². The molecule has 1 aromatic rings. The number of hydrogen-bond acceptors (Lipinski definition) is 3. The fourth-order valence-corrected chi connectivity index (χ4v) is 3.16. The van der Waals surface area contributed by atoms with Crippen molar-refractivity contribution in [3.05, 3.63) is 28.2 Å². The number of hydrogen-bond donors (Lipinski definition) is 1. The Morgan fingerprint density at radius 2 is 2.21 bits per heavy atom. The average molecular weight is 367 g/mol. The van der Waals surface area contributed by atoms with Crippen molar-refractivity contribution in [3.63, 3.8) is 0 Å². The van der Waals surface area contributed by atoms with E-state index in [1.165, 1.54) is 18.2 Å². The van der Waals surface area contributed by atoms with Crippen LogP contribution in [0.25, 0.3) is 0 Å². The third kappa shape index (κ3) is 3.49. The molecule has 1 N–H and O–H groups in total. The van der Waals surface area contributed by atoms with Gasteiger partial charge in [0.2, 0.25) is 0 Å². The van der Waals surface area contributed by atoms with Crippen LogP contribution in [-0.4, -0.2) is 20.4 Å². The monoisotopic (exact) mass is 365 g/mol. The Morgan fingerprint density at radius 3 is 2.74 bits per heavy atom. The summed E-state index contributed by atoms with van der Waals surface area (Å²) in [4.78, 5) is 12.0. The Kier molecular flexibility index (Phi) is 4.23. The smallest absolute Gasteiger partial charge is 0.261 e. The van der Waals surface area contributed by atoms with Crippen molar-refractivity contribution in [2.24, 2.45) is 5.92 Å². The maximum atomic E-state index is 12.1. The lowest BCUT2D eigenvalue weighted by Crippen LogP contribution is -2.27. The van der Waals surface area contributed by atoms with Crippen molar-refractivity contribution in [2.75, 3.05) is 0 Å². The van der Waals surface area contributed by atoms with Crippen molar-refractivity contribution in [2.45, 2.75) is 30.7 Å². The fourth-order valence-electron chi connectivity index (χ4n) is 1.95. The minimum Gasteiger partial charge on any atom is -0.349 e. The largest absolute Gasteiger partial charge is 0.349 e. The van der Waals surface area contributed by atoms with E-state index in [1.807, 2.05) is 0 Å². The summed E-state index contributed by atoms with van der Waals surface area (Å²) in [6.07, 6.45) is 2.01. The van der Waals surface area contributed by atoms with Gasteiger partial charge in [0.15, 0.2) is 0 Å². The molecule has 0 radical (unpaired) electrons. The fraction of sp³-hybridized carbons (Fsp3) is 0.417. The Bertz CT molecular complexity index is 617. The van der Waals surface area contributed by atoms with Crippen LogP contribution in [0, 0.1) is 5.92 Å². The van der Waals surface area contributed by atoms with Crippen molar-refractivity contribution in [3.8, 4) is 0 Å². The molecule has 2 rings (SSSR count). The number of halogens is 2. The van der Waals surface area contributed by atoms with Crippen LogP contribution in [0.1, 0.15) is 30.1 Å². The van der Waals surface area contributed by atoms with Crippen LogP contribution in [0.4, 0.5) is 0 Å². The Morgan fingerprint density at radius 1 is 1.53 bits per heavy atom. The summed E-state index contributed by atoms with van der Waals surface area (Å²) in [6, 6.07) is 4.34. The number of carbonyl (C=O) groups is 1. The van der Waals surface area contributed by atoms with Crippen LogP contribution in [0.2, 0.25) is 0 Å². The topological polar surface area (TPSA) is 63.2 Å². The molecule has 4 nitrogen and oxygen atoms in total. The van der Waals surface area contributed by atoms with Crippen LogP contribution >= 0.6 is 26.6 Å². The first kappa shape index (κ1) is 14.8. The lowest BCUT2D eigenvalue weighted by atomic mass is 10.2. The van der Waals surface area contributed by atoms with E-state index in [0.29, 0.717) is 10.4 Å². The zero-order valence-electron chi connectivity index (χ0n) is 10.2. The minimum atomic E-state index is -3.83. The van der Waals surface area contributed by atoms with Gasteiger partial charge in [0, 0.05) is 21.2 Å². The van der Waals surface area contributed by atoms with Crippen molar-refractivity contribution >= 4 is 41.6 Å². The van der Waals surface area contributed by atoms with Crippen LogP contribution in [0.3, 0.4) is 0 Å². The molecule has 1 aliphatic rings. The van der Waals surface area contributed by atoms with E-state index in [4.69, 9.17) is 10.7 Å². The summed E-state index contributed by atoms with van der Waals surface area (Å²) in [7, 11) is 1.44. The second-order valence-electron chi connectivity index (χ2n) is 4.56. The Labute approximate surface area is 125 Å². The van der Waals surface area contributed by atoms with Crippen LogP contribution in [0.5, 0.6) is 0 Å².